The van der Waals surface area contributed by atoms with Gasteiger partial charge in [0.2, 0.25) is 11.7 Å². The molecular weight excluding hydrogens is 459 g/mol. The van der Waals surface area contributed by atoms with Crippen LogP contribution in [0.2, 0.25) is 10.0 Å². The van der Waals surface area contributed by atoms with Gasteiger partial charge in [0.1, 0.15) is 6.54 Å². The molecule has 0 aliphatic carbocycles. The van der Waals surface area contributed by atoms with Gasteiger partial charge in [-0.05, 0) is 37.3 Å². The molecule has 0 saturated heterocycles. The molecule has 3 aromatic rings. The Morgan fingerprint density at radius 1 is 1.03 bits per heavy atom. The third-order valence-corrected chi connectivity index (χ3v) is 4.69. The Hall–Kier alpha value is -3.43. The fourth-order valence-corrected chi connectivity index (χ4v) is 2.98. The first kappa shape index (κ1) is 23.2. The van der Waals surface area contributed by atoms with Gasteiger partial charge in [-0.25, -0.2) is 0 Å². The fourth-order valence-electron chi connectivity index (χ4n) is 2.48. The number of carbonyl (C=O) groups excluding carboxylic acids is 3. The van der Waals surface area contributed by atoms with Crippen molar-refractivity contribution < 1.29 is 23.6 Å². The maximum atomic E-state index is 12.1. The van der Waals surface area contributed by atoms with E-state index in [1.807, 2.05) is 31.2 Å². The smallest absolute Gasteiger partial charge is 0.325 e. The monoisotopic (exact) mass is 476 g/mol. The third-order valence-electron chi connectivity index (χ3n) is 4.14. The Labute approximate surface area is 193 Å². The van der Waals surface area contributed by atoms with E-state index >= 15 is 0 Å². The van der Waals surface area contributed by atoms with E-state index in [2.05, 4.69) is 20.8 Å². The highest BCUT2D eigenvalue weighted by atomic mass is 35.5. The van der Waals surface area contributed by atoms with E-state index in [-0.39, 0.29) is 36.1 Å². The number of nitrogens with one attached hydrogen (secondary N) is 2. The second-order valence-electron chi connectivity index (χ2n) is 6.63. The Morgan fingerprint density at radius 3 is 2.50 bits per heavy atom. The number of esters is 1. The van der Waals surface area contributed by atoms with Gasteiger partial charge in [0, 0.05) is 10.6 Å². The molecule has 0 unspecified atom stereocenters. The van der Waals surface area contributed by atoms with Gasteiger partial charge in [0.15, 0.2) is 6.61 Å². The molecule has 1 aromatic heterocycles. The summed E-state index contributed by atoms with van der Waals surface area (Å²) >= 11 is 11.7. The number of ether oxygens (including phenoxy) is 1. The molecule has 11 heteroatoms. The van der Waals surface area contributed by atoms with Gasteiger partial charge in [-0.3, -0.25) is 14.4 Å². The van der Waals surface area contributed by atoms with Crippen molar-refractivity contribution in [2.45, 2.75) is 13.5 Å². The van der Waals surface area contributed by atoms with E-state index < -0.39 is 17.8 Å². The second kappa shape index (κ2) is 10.7. The predicted octanol–water partition coefficient (Wildman–Crippen LogP) is 2.94. The van der Waals surface area contributed by atoms with Crippen LogP contribution in [0.1, 0.15) is 21.7 Å². The van der Waals surface area contributed by atoms with E-state index in [4.69, 9.17) is 32.5 Å². The van der Waals surface area contributed by atoms with Crippen LogP contribution in [0.15, 0.2) is 47.0 Å². The number of hydrogen-bond acceptors (Lipinski definition) is 7. The van der Waals surface area contributed by atoms with Crippen LogP contribution in [0.5, 0.6) is 0 Å². The molecule has 0 aliphatic rings. The molecular formula is C21H18Cl2N4O5. The highest BCUT2D eigenvalue weighted by Gasteiger charge is 2.14. The number of aryl methyl sites for hydroxylation is 1. The number of aromatic nitrogens is 2. The summed E-state index contributed by atoms with van der Waals surface area (Å²) in [5.74, 6) is -1.34. The Bertz CT molecular complexity index is 1130. The third kappa shape index (κ3) is 6.53. The maximum Gasteiger partial charge on any atom is 0.325 e. The summed E-state index contributed by atoms with van der Waals surface area (Å²) in [5, 5.41) is 9.04. The zero-order valence-electron chi connectivity index (χ0n) is 16.9. The molecule has 0 saturated carbocycles. The van der Waals surface area contributed by atoms with Crippen molar-refractivity contribution >= 4 is 41.0 Å². The first-order valence-electron chi connectivity index (χ1n) is 9.37. The molecule has 2 N–H and O–H groups in total. The number of rotatable bonds is 8. The van der Waals surface area contributed by atoms with Crippen molar-refractivity contribution in [1.29, 1.82) is 0 Å². The van der Waals surface area contributed by atoms with E-state index in [0.29, 0.717) is 10.9 Å². The SMILES string of the molecule is Cc1ccc(-c2nc(COC(=O)CNC(=O)CNC(=O)c3ccc(Cl)cc3Cl)no2)cc1. The minimum absolute atomic E-state index is 0.158. The van der Waals surface area contributed by atoms with Crippen LogP contribution in [-0.4, -0.2) is 41.0 Å². The van der Waals surface area contributed by atoms with E-state index in [1.165, 1.54) is 18.2 Å². The largest absolute Gasteiger partial charge is 0.456 e. The fraction of sp³-hybridized carbons (Fsp3) is 0.190. The molecule has 0 spiro atoms. The van der Waals surface area contributed by atoms with E-state index in [1.54, 1.807) is 0 Å². The summed E-state index contributed by atoms with van der Waals surface area (Å²) in [5.41, 5.74) is 2.01. The summed E-state index contributed by atoms with van der Waals surface area (Å²) < 4.78 is 10.2. The molecule has 32 heavy (non-hydrogen) atoms. The van der Waals surface area contributed by atoms with E-state index in [0.717, 1.165) is 11.1 Å². The lowest BCUT2D eigenvalue weighted by atomic mass is 10.1. The molecule has 0 atom stereocenters. The van der Waals surface area contributed by atoms with Crippen molar-refractivity contribution in [3.05, 3.63) is 69.5 Å². The summed E-state index contributed by atoms with van der Waals surface area (Å²) in [4.78, 5) is 39.9. The topological polar surface area (TPSA) is 123 Å². The summed E-state index contributed by atoms with van der Waals surface area (Å²) in [6.45, 7) is 1.01. The van der Waals surface area contributed by atoms with Crippen molar-refractivity contribution in [2.24, 2.45) is 0 Å². The zero-order valence-corrected chi connectivity index (χ0v) is 18.4. The predicted molar refractivity (Wildman–Crippen MR) is 116 cm³/mol. The van der Waals surface area contributed by atoms with Crippen molar-refractivity contribution in [3.8, 4) is 11.5 Å². The highest BCUT2D eigenvalue weighted by molar-refractivity contribution is 6.36. The number of halogens is 2. The first-order chi connectivity index (χ1) is 15.3. The zero-order chi connectivity index (χ0) is 23.1. The number of carbonyl (C=O) groups is 3. The van der Waals surface area contributed by atoms with Crippen molar-refractivity contribution in [3.63, 3.8) is 0 Å². The molecule has 9 nitrogen and oxygen atoms in total. The van der Waals surface area contributed by atoms with Crippen LogP contribution < -0.4 is 10.6 Å². The lowest BCUT2D eigenvalue weighted by molar-refractivity contribution is -0.145. The van der Waals surface area contributed by atoms with Gasteiger partial charge >= 0.3 is 5.97 Å². The standard InChI is InChI=1S/C21H18Cl2N4O5/c1-12-2-4-13(5-3-12)21-26-17(27-32-21)11-31-19(29)10-24-18(28)9-25-20(30)15-7-6-14(22)8-16(15)23/h2-8H,9-11H2,1H3,(H,24,28)(H,25,30). The molecule has 0 radical (unpaired) electrons. The van der Waals surface area contributed by atoms with Gasteiger partial charge in [-0.1, -0.05) is 46.1 Å². The quantitative estimate of drug-likeness (QED) is 0.478. The van der Waals surface area contributed by atoms with Gasteiger partial charge in [-0.2, -0.15) is 4.98 Å². The molecule has 3 rings (SSSR count). The van der Waals surface area contributed by atoms with Crippen LogP contribution in [-0.2, 0) is 20.9 Å². The minimum atomic E-state index is -0.702. The van der Waals surface area contributed by atoms with Crippen molar-refractivity contribution in [2.75, 3.05) is 13.1 Å². The Balaban J connectivity index is 1.39. The Kier molecular flexibility index (Phi) is 7.80. The normalized spacial score (nSPS) is 10.5. The average Bonchev–Trinajstić information content (AvgIpc) is 3.24. The number of benzene rings is 2. The lowest BCUT2D eigenvalue weighted by Gasteiger charge is -2.08. The maximum absolute atomic E-state index is 12.1. The summed E-state index contributed by atoms with van der Waals surface area (Å²) in [7, 11) is 0. The highest BCUT2D eigenvalue weighted by Crippen LogP contribution is 2.20. The van der Waals surface area contributed by atoms with Crippen LogP contribution >= 0.6 is 23.2 Å². The molecule has 166 valence electrons. The molecule has 2 aromatic carbocycles. The minimum Gasteiger partial charge on any atom is -0.456 e. The molecule has 0 fully saturated rings. The molecule has 0 aliphatic heterocycles. The second-order valence-corrected chi connectivity index (χ2v) is 7.47. The molecule has 2 amide bonds. The van der Waals surface area contributed by atoms with Crippen LogP contribution in [0.4, 0.5) is 0 Å². The van der Waals surface area contributed by atoms with E-state index in [9.17, 15) is 14.4 Å². The number of nitrogens with zero attached hydrogens (tertiary/aromatic N) is 2. The van der Waals surface area contributed by atoms with Crippen LogP contribution in [0.25, 0.3) is 11.5 Å². The molecule has 1 heterocycles. The number of amides is 2. The van der Waals surface area contributed by atoms with Gasteiger partial charge in [-0.15, -0.1) is 0 Å². The first-order valence-corrected chi connectivity index (χ1v) is 10.1. The van der Waals surface area contributed by atoms with Crippen molar-refractivity contribution in [1.82, 2.24) is 20.8 Å². The van der Waals surface area contributed by atoms with Gasteiger partial charge < -0.3 is 19.9 Å². The van der Waals surface area contributed by atoms with Gasteiger partial charge in [0.25, 0.3) is 11.8 Å². The Morgan fingerprint density at radius 2 is 1.78 bits per heavy atom. The van der Waals surface area contributed by atoms with Gasteiger partial charge in [0.05, 0.1) is 17.1 Å². The summed E-state index contributed by atoms with van der Waals surface area (Å²) in [6.07, 6.45) is 0. The average molecular weight is 477 g/mol. The number of hydrogen-bond donors (Lipinski definition) is 2. The summed E-state index contributed by atoms with van der Waals surface area (Å²) in [6, 6.07) is 11.9. The van der Waals surface area contributed by atoms with Crippen LogP contribution in [0, 0.1) is 6.92 Å². The molecule has 0 bridgehead atoms. The van der Waals surface area contributed by atoms with Crippen LogP contribution in [0.3, 0.4) is 0 Å². The lowest BCUT2D eigenvalue weighted by Crippen LogP contribution is -2.39.